The van der Waals surface area contributed by atoms with Crippen LogP contribution in [0.4, 0.5) is 0 Å². The maximum absolute atomic E-state index is 12.6. The van der Waals surface area contributed by atoms with E-state index in [-0.39, 0.29) is 37.2 Å². The lowest BCUT2D eigenvalue weighted by atomic mass is 10.1. The van der Waals surface area contributed by atoms with E-state index in [4.69, 9.17) is 10.8 Å². The topological polar surface area (TPSA) is 154 Å². The van der Waals surface area contributed by atoms with Gasteiger partial charge in [0.2, 0.25) is 17.7 Å². The molecule has 0 aromatic rings. The highest BCUT2D eigenvalue weighted by molar-refractivity contribution is 5.90. The molecule has 0 aromatic heterocycles. The van der Waals surface area contributed by atoms with Gasteiger partial charge in [0.15, 0.2) is 0 Å². The molecule has 0 aromatic carbocycles. The number of carbonyl (C=O) groups is 4. The molecule has 0 bridgehead atoms. The number of hydrogen-bond acceptors (Lipinski definition) is 6. The van der Waals surface area contributed by atoms with Crippen LogP contribution in [0, 0.1) is 0 Å². The standard InChI is InChI=1S/C22H43N5O5/c1-3-14-27(15-4-2)17-20(29)26-18(10-7-8-12-23)22(32)25-16-19(28)24-13-9-5-6-11-21(30)31/h18H,3-17,23H2,1-2H3,(H,24,28)(H,25,32)(H,26,29)(H,30,31). The lowest BCUT2D eigenvalue weighted by molar-refractivity contribution is -0.137. The van der Waals surface area contributed by atoms with Gasteiger partial charge in [-0.2, -0.15) is 0 Å². The normalized spacial score (nSPS) is 11.8. The van der Waals surface area contributed by atoms with Crippen LogP contribution >= 0.6 is 0 Å². The molecule has 0 rings (SSSR count). The van der Waals surface area contributed by atoms with Crippen molar-refractivity contribution in [2.24, 2.45) is 5.73 Å². The number of unbranched alkanes of at least 4 members (excludes halogenated alkanes) is 3. The molecule has 0 fully saturated rings. The zero-order valence-corrected chi connectivity index (χ0v) is 19.8. The maximum Gasteiger partial charge on any atom is 0.303 e. The first kappa shape index (κ1) is 29.8. The predicted octanol–water partition coefficient (Wildman–Crippen LogP) is 0.600. The fourth-order valence-electron chi connectivity index (χ4n) is 3.27. The van der Waals surface area contributed by atoms with Crippen molar-refractivity contribution < 1.29 is 24.3 Å². The van der Waals surface area contributed by atoms with Gasteiger partial charge in [-0.3, -0.25) is 24.1 Å². The Labute approximate surface area is 192 Å². The molecule has 0 radical (unpaired) electrons. The van der Waals surface area contributed by atoms with Crippen LogP contribution in [-0.2, 0) is 19.2 Å². The summed E-state index contributed by atoms with van der Waals surface area (Å²) in [7, 11) is 0. The summed E-state index contributed by atoms with van der Waals surface area (Å²) in [5, 5.41) is 16.7. The van der Waals surface area contributed by atoms with E-state index in [2.05, 4.69) is 34.7 Å². The van der Waals surface area contributed by atoms with Gasteiger partial charge >= 0.3 is 5.97 Å². The highest BCUT2D eigenvalue weighted by atomic mass is 16.4. The van der Waals surface area contributed by atoms with Gasteiger partial charge in [-0.05, 0) is 64.6 Å². The zero-order chi connectivity index (χ0) is 24.2. The Hall–Kier alpha value is -2.20. The number of carbonyl (C=O) groups excluding carboxylic acids is 3. The van der Waals surface area contributed by atoms with Crippen molar-refractivity contribution in [3.05, 3.63) is 0 Å². The first-order valence-electron chi connectivity index (χ1n) is 11.8. The molecule has 10 nitrogen and oxygen atoms in total. The molecule has 0 aliphatic carbocycles. The van der Waals surface area contributed by atoms with E-state index in [9.17, 15) is 19.2 Å². The Morgan fingerprint density at radius 3 is 2.19 bits per heavy atom. The Balaban J connectivity index is 4.48. The second-order valence-electron chi connectivity index (χ2n) is 7.95. The predicted molar refractivity (Wildman–Crippen MR) is 124 cm³/mol. The van der Waals surface area contributed by atoms with Gasteiger partial charge in [0.1, 0.15) is 6.04 Å². The minimum Gasteiger partial charge on any atom is -0.481 e. The summed E-state index contributed by atoms with van der Waals surface area (Å²) < 4.78 is 0. The van der Waals surface area contributed by atoms with Gasteiger partial charge in [-0.25, -0.2) is 0 Å². The van der Waals surface area contributed by atoms with Gasteiger partial charge < -0.3 is 26.8 Å². The number of aliphatic carboxylic acids is 1. The number of nitrogens with one attached hydrogen (secondary N) is 3. The SMILES string of the molecule is CCCN(CCC)CC(=O)NC(CCCCN)C(=O)NCC(=O)NCCCCCC(=O)O. The summed E-state index contributed by atoms with van der Waals surface area (Å²) in [6.45, 7) is 6.77. The fourth-order valence-corrected chi connectivity index (χ4v) is 3.27. The molecule has 186 valence electrons. The molecule has 32 heavy (non-hydrogen) atoms. The van der Waals surface area contributed by atoms with E-state index in [1.807, 2.05) is 0 Å². The summed E-state index contributed by atoms with van der Waals surface area (Å²) in [5.41, 5.74) is 5.54. The Morgan fingerprint density at radius 1 is 0.906 bits per heavy atom. The van der Waals surface area contributed by atoms with Gasteiger partial charge in [-0.1, -0.05) is 20.3 Å². The highest BCUT2D eigenvalue weighted by Crippen LogP contribution is 2.02. The second-order valence-corrected chi connectivity index (χ2v) is 7.95. The lowest BCUT2D eigenvalue weighted by Crippen LogP contribution is -2.51. The third kappa shape index (κ3) is 16.5. The first-order valence-corrected chi connectivity index (χ1v) is 11.8. The maximum atomic E-state index is 12.6. The van der Waals surface area contributed by atoms with Crippen LogP contribution in [-0.4, -0.2) is 79.0 Å². The number of nitrogens with two attached hydrogens (primary N) is 1. The molecular weight excluding hydrogens is 414 g/mol. The van der Waals surface area contributed by atoms with Gasteiger partial charge in [-0.15, -0.1) is 0 Å². The number of nitrogens with zero attached hydrogens (tertiary/aromatic N) is 1. The molecule has 3 amide bonds. The first-order chi connectivity index (χ1) is 15.3. The van der Waals surface area contributed by atoms with Crippen molar-refractivity contribution in [2.75, 3.05) is 39.3 Å². The molecule has 0 spiro atoms. The number of carboxylic acids is 1. The lowest BCUT2D eigenvalue weighted by Gasteiger charge is -2.23. The van der Waals surface area contributed by atoms with E-state index in [1.54, 1.807) is 0 Å². The van der Waals surface area contributed by atoms with Gasteiger partial charge in [0.25, 0.3) is 0 Å². The minimum absolute atomic E-state index is 0.121. The molecule has 0 saturated heterocycles. The van der Waals surface area contributed by atoms with Crippen molar-refractivity contribution in [3.8, 4) is 0 Å². The van der Waals surface area contributed by atoms with E-state index >= 15 is 0 Å². The number of amides is 3. The van der Waals surface area contributed by atoms with Crippen molar-refractivity contribution in [2.45, 2.75) is 77.7 Å². The second kappa shape index (κ2) is 19.5. The highest BCUT2D eigenvalue weighted by Gasteiger charge is 2.21. The molecule has 0 aliphatic heterocycles. The van der Waals surface area contributed by atoms with E-state index in [1.165, 1.54) is 0 Å². The van der Waals surface area contributed by atoms with E-state index in [0.717, 1.165) is 32.4 Å². The fraction of sp³-hybridized carbons (Fsp3) is 0.818. The van der Waals surface area contributed by atoms with Crippen molar-refractivity contribution >= 4 is 23.7 Å². The molecule has 1 unspecified atom stereocenters. The van der Waals surface area contributed by atoms with Crippen LogP contribution in [0.5, 0.6) is 0 Å². The average molecular weight is 458 g/mol. The number of hydrogen-bond donors (Lipinski definition) is 5. The molecule has 0 saturated carbocycles. The molecular formula is C22H43N5O5. The van der Waals surface area contributed by atoms with Crippen LogP contribution in [0.15, 0.2) is 0 Å². The van der Waals surface area contributed by atoms with Crippen LogP contribution in [0.1, 0.15) is 71.6 Å². The number of rotatable bonds is 20. The molecule has 1 atom stereocenters. The molecule has 0 aliphatic rings. The van der Waals surface area contributed by atoms with Crippen LogP contribution in [0.3, 0.4) is 0 Å². The zero-order valence-electron chi connectivity index (χ0n) is 19.8. The van der Waals surface area contributed by atoms with Crippen LogP contribution in [0.2, 0.25) is 0 Å². The number of carboxylic acid groups (broad SMARTS) is 1. The van der Waals surface area contributed by atoms with Crippen molar-refractivity contribution in [1.82, 2.24) is 20.9 Å². The Bertz CT molecular complexity index is 553. The molecule has 10 heteroatoms. The van der Waals surface area contributed by atoms with Crippen LogP contribution in [0.25, 0.3) is 0 Å². The third-order valence-electron chi connectivity index (χ3n) is 4.86. The minimum atomic E-state index is -0.826. The third-order valence-corrected chi connectivity index (χ3v) is 4.86. The largest absolute Gasteiger partial charge is 0.481 e. The van der Waals surface area contributed by atoms with Crippen molar-refractivity contribution in [1.29, 1.82) is 0 Å². The summed E-state index contributed by atoms with van der Waals surface area (Å²) in [5.74, 6) is -1.73. The summed E-state index contributed by atoms with van der Waals surface area (Å²) in [6, 6.07) is -0.706. The van der Waals surface area contributed by atoms with E-state index < -0.39 is 12.0 Å². The quantitative estimate of drug-likeness (QED) is 0.168. The Kier molecular flexibility index (Phi) is 18.1. The molecule has 6 N–H and O–H groups in total. The van der Waals surface area contributed by atoms with Crippen molar-refractivity contribution in [3.63, 3.8) is 0 Å². The van der Waals surface area contributed by atoms with Gasteiger partial charge in [0.05, 0.1) is 13.1 Å². The summed E-state index contributed by atoms with van der Waals surface area (Å²) in [4.78, 5) is 49.5. The molecule has 0 heterocycles. The van der Waals surface area contributed by atoms with Crippen LogP contribution < -0.4 is 21.7 Å². The average Bonchev–Trinajstić information content (AvgIpc) is 2.74. The van der Waals surface area contributed by atoms with E-state index in [0.29, 0.717) is 45.2 Å². The summed E-state index contributed by atoms with van der Waals surface area (Å²) >= 11 is 0. The summed E-state index contributed by atoms with van der Waals surface area (Å²) in [6.07, 6.45) is 5.88. The van der Waals surface area contributed by atoms with Gasteiger partial charge in [0, 0.05) is 13.0 Å². The Morgan fingerprint density at radius 2 is 1.59 bits per heavy atom. The smallest absolute Gasteiger partial charge is 0.303 e. The monoisotopic (exact) mass is 457 g/mol.